The maximum absolute atomic E-state index is 6.10. The highest BCUT2D eigenvalue weighted by molar-refractivity contribution is 9.10. The molecule has 0 N–H and O–H groups in total. The van der Waals surface area contributed by atoms with Crippen molar-refractivity contribution in [2.24, 2.45) is 0 Å². The van der Waals surface area contributed by atoms with Crippen LogP contribution in [-0.4, -0.2) is 4.98 Å². The number of alkyl halides is 1. The highest BCUT2D eigenvalue weighted by atomic mass is 79.9. The topological polar surface area (TPSA) is 12.9 Å². The molecule has 0 aliphatic carbocycles. The Morgan fingerprint density at radius 1 is 1.17 bits per heavy atom. The Bertz CT molecular complexity index is 560. The molecule has 2 aromatic rings. The summed E-state index contributed by atoms with van der Waals surface area (Å²) in [6, 6.07) is 7.82. The van der Waals surface area contributed by atoms with Gasteiger partial charge in [-0.3, -0.25) is 4.98 Å². The molecular formula is C13H9Br2Cl2N. The number of hydrogen-bond acceptors (Lipinski definition) is 1. The van der Waals surface area contributed by atoms with Crippen molar-refractivity contribution < 1.29 is 0 Å². The molecule has 0 amide bonds. The molecule has 1 unspecified atom stereocenters. The summed E-state index contributed by atoms with van der Waals surface area (Å²) < 4.78 is 0.895. The van der Waals surface area contributed by atoms with Crippen LogP contribution in [0, 0.1) is 0 Å². The van der Waals surface area contributed by atoms with Crippen LogP contribution >= 0.6 is 55.1 Å². The molecule has 5 heteroatoms. The van der Waals surface area contributed by atoms with Gasteiger partial charge >= 0.3 is 0 Å². The highest BCUT2D eigenvalue weighted by Crippen LogP contribution is 2.33. The average Bonchev–Trinajstić information content (AvgIpc) is 2.35. The molecule has 0 fully saturated rings. The van der Waals surface area contributed by atoms with Crippen LogP contribution in [0.15, 0.2) is 41.1 Å². The number of rotatable bonds is 3. The van der Waals surface area contributed by atoms with E-state index < -0.39 is 0 Å². The fourth-order valence-corrected chi connectivity index (χ4v) is 2.93. The van der Waals surface area contributed by atoms with Crippen LogP contribution < -0.4 is 0 Å². The predicted octanol–water partition coefficient (Wildman–Crippen LogP) is 5.83. The fourth-order valence-electron chi connectivity index (χ4n) is 1.59. The molecule has 0 aliphatic rings. The van der Waals surface area contributed by atoms with Gasteiger partial charge in [0.25, 0.3) is 0 Å². The Labute approximate surface area is 133 Å². The SMILES string of the molecule is Clc1ccc(C(Br)Cc2ccncc2Cl)cc1Br. The minimum atomic E-state index is 0.186. The Kier molecular flexibility index (Phi) is 5.07. The number of nitrogens with zero attached hydrogens (tertiary/aromatic N) is 1. The summed E-state index contributed by atoms with van der Waals surface area (Å²) in [5, 5.41) is 1.40. The largest absolute Gasteiger partial charge is 0.263 e. The lowest BCUT2D eigenvalue weighted by atomic mass is 10.1. The molecule has 0 saturated heterocycles. The van der Waals surface area contributed by atoms with Gasteiger partial charge < -0.3 is 0 Å². The van der Waals surface area contributed by atoms with E-state index in [1.54, 1.807) is 12.4 Å². The van der Waals surface area contributed by atoms with Crippen LogP contribution in [0.2, 0.25) is 10.0 Å². The zero-order valence-electron chi connectivity index (χ0n) is 9.21. The summed E-state index contributed by atoms with van der Waals surface area (Å²) in [7, 11) is 0. The molecule has 0 aliphatic heterocycles. The number of pyridine rings is 1. The first-order chi connectivity index (χ1) is 8.58. The molecule has 0 bridgehead atoms. The minimum Gasteiger partial charge on any atom is -0.263 e. The molecule has 1 aromatic heterocycles. The van der Waals surface area contributed by atoms with Gasteiger partial charge in [0, 0.05) is 21.7 Å². The molecule has 94 valence electrons. The third-order valence-electron chi connectivity index (χ3n) is 2.56. The third kappa shape index (κ3) is 3.47. The van der Waals surface area contributed by atoms with E-state index in [4.69, 9.17) is 23.2 Å². The second-order valence-electron chi connectivity index (χ2n) is 3.81. The Morgan fingerprint density at radius 3 is 2.61 bits per heavy atom. The maximum Gasteiger partial charge on any atom is 0.0621 e. The first kappa shape index (κ1) is 14.3. The van der Waals surface area contributed by atoms with Crippen molar-refractivity contribution in [2.45, 2.75) is 11.2 Å². The van der Waals surface area contributed by atoms with Crippen LogP contribution in [0.4, 0.5) is 0 Å². The highest BCUT2D eigenvalue weighted by Gasteiger charge is 2.12. The van der Waals surface area contributed by atoms with Crippen molar-refractivity contribution >= 4 is 55.1 Å². The monoisotopic (exact) mass is 407 g/mol. The summed E-state index contributed by atoms with van der Waals surface area (Å²) in [5.41, 5.74) is 2.22. The van der Waals surface area contributed by atoms with E-state index in [2.05, 4.69) is 36.8 Å². The molecule has 1 nitrogen and oxygen atoms in total. The smallest absolute Gasteiger partial charge is 0.0621 e. The first-order valence-electron chi connectivity index (χ1n) is 5.25. The van der Waals surface area contributed by atoms with Crippen molar-refractivity contribution in [1.82, 2.24) is 4.98 Å². The van der Waals surface area contributed by atoms with Gasteiger partial charge in [0.2, 0.25) is 0 Å². The molecule has 1 heterocycles. The van der Waals surface area contributed by atoms with Gasteiger partial charge in [0.05, 0.1) is 10.0 Å². The lowest BCUT2D eigenvalue weighted by Crippen LogP contribution is -1.96. The van der Waals surface area contributed by atoms with Crippen molar-refractivity contribution in [2.75, 3.05) is 0 Å². The van der Waals surface area contributed by atoms with Crippen molar-refractivity contribution in [3.63, 3.8) is 0 Å². The summed E-state index contributed by atoms with van der Waals surface area (Å²) in [5.74, 6) is 0. The van der Waals surface area contributed by atoms with Gasteiger partial charge in [0.15, 0.2) is 0 Å². The predicted molar refractivity (Wildman–Crippen MR) is 83.8 cm³/mol. The van der Waals surface area contributed by atoms with E-state index in [9.17, 15) is 0 Å². The molecule has 1 atom stereocenters. The van der Waals surface area contributed by atoms with Crippen LogP contribution in [-0.2, 0) is 6.42 Å². The van der Waals surface area contributed by atoms with E-state index in [1.165, 1.54) is 0 Å². The van der Waals surface area contributed by atoms with E-state index in [0.29, 0.717) is 10.0 Å². The molecule has 0 saturated carbocycles. The molecule has 2 rings (SSSR count). The van der Waals surface area contributed by atoms with Gasteiger partial charge in [-0.25, -0.2) is 0 Å². The molecule has 0 radical (unpaired) electrons. The van der Waals surface area contributed by atoms with Crippen LogP contribution in [0.3, 0.4) is 0 Å². The zero-order chi connectivity index (χ0) is 13.1. The molecule has 18 heavy (non-hydrogen) atoms. The Hall–Kier alpha value is -0.0900. The summed E-state index contributed by atoms with van der Waals surface area (Å²) >= 11 is 19.2. The number of aromatic nitrogens is 1. The number of hydrogen-bond donors (Lipinski definition) is 0. The Morgan fingerprint density at radius 2 is 1.94 bits per heavy atom. The van der Waals surface area contributed by atoms with Crippen molar-refractivity contribution in [3.8, 4) is 0 Å². The van der Waals surface area contributed by atoms with E-state index >= 15 is 0 Å². The van der Waals surface area contributed by atoms with Gasteiger partial charge in [-0.1, -0.05) is 45.2 Å². The Balaban J connectivity index is 2.19. The zero-order valence-corrected chi connectivity index (χ0v) is 13.9. The lowest BCUT2D eigenvalue weighted by molar-refractivity contribution is 0.944. The van der Waals surface area contributed by atoms with Crippen molar-refractivity contribution in [3.05, 3.63) is 62.3 Å². The fraction of sp³-hybridized carbons (Fsp3) is 0.154. The second kappa shape index (κ2) is 6.38. The quantitative estimate of drug-likeness (QED) is 0.581. The van der Waals surface area contributed by atoms with E-state index in [1.807, 2.05) is 24.3 Å². The van der Waals surface area contributed by atoms with Gasteiger partial charge in [-0.05, 0) is 51.7 Å². The number of benzene rings is 1. The lowest BCUT2D eigenvalue weighted by Gasteiger charge is -2.12. The van der Waals surface area contributed by atoms with E-state index in [-0.39, 0.29) is 4.83 Å². The molecule has 1 aromatic carbocycles. The summed E-state index contributed by atoms with van der Waals surface area (Å²) in [4.78, 5) is 4.16. The van der Waals surface area contributed by atoms with Crippen LogP contribution in [0.5, 0.6) is 0 Å². The minimum absolute atomic E-state index is 0.186. The third-order valence-corrected chi connectivity index (χ3v) is 4.97. The second-order valence-corrected chi connectivity index (χ2v) is 6.59. The number of halogens is 4. The standard InChI is InChI=1S/C13H9Br2Cl2N/c14-10(6-9-3-4-18-7-13(9)17)8-1-2-12(16)11(15)5-8/h1-5,7,10H,6H2. The van der Waals surface area contributed by atoms with Gasteiger partial charge in [-0.15, -0.1) is 0 Å². The van der Waals surface area contributed by atoms with Gasteiger partial charge in [0.1, 0.15) is 0 Å². The summed E-state index contributed by atoms with van der Waals surface area (Å²) in [6.45, 7) is 0. The van der Waals surface area contributed by atoms with Crippen LogP contribution in [0.1, 0.15) is 16.0 Å². The van der Waals surface area contributed by atoms with Gasteiger partial charge in [-0.2, -0.15) is 0 Å². The first-order valence-corrected chi connectivity index (χ1v) is 7.72. The molecule has 0 spiro atoms. The van der Waals surface area contributed by atoms with Crippen molar-refractivity contribution in [1.29, 1.82) is 0 Å². The average molecular weight is 410 g/mol. The van der Waals surface area contributed by atoms with Crippen LogP contribution in [0.25, 0.3) is 0 Å². The van der Waals surface area contributed by atoms with E-state index in [0.717, 1.165) is 22.0 Å². The molecular weight excluding hydrogens is 401 g/mol. The maximum atomic E-state index is 6.10. The summed E-state index contributed by atoms with van der Waals surface area (Å²) in [6.07, 6.45) is 4.21. The normalized spacial score (nSPS) is 12.4.